The molecule has 90 valence electrons. The van der Waals surface area contributed by atoms with E-state index in [1.807, 2.05) is 0 Å². The Kier molecular flexibility index (Phi) is 2.26. The standard InChI is InChI=1S/C8H5F3N4O2/c1-3-12-7-13-4(6(16)17)2-5(8(9,10)11)15(7)14-3/h2H,1H3,(H,16,17). The smallest absolute Gasteiger partial charge is 0.433 e. The van der Waals surface area contributed by atoms with E-state index in [1.165, 1.54) is 6.92 Å². The predicted octanol–water partition coefficient (Wildman–Crippen LogP) is 1.15. The number of hydrogen-bond donors (Lipinski definition) is 1. The molecule has 0 unspecified atom stereocenters. The molecule has 2 aromatic rings. The molecule has 0 spiro atoms. The van der Waals surface area contributed by atoms with Crippen LogP contribution in [0.1, 0.15) is 22.0 Å². The van der Waals surface area contributed by atoms with Crippen LogP contribution in [0.2, 0.25) is 0 Å². The van der Waals surface area contributed by atoms with Gasteiger partial charge in [0, 0.05) is 6.07 Å². The first-order valence-electron chi connectivity index (χ1n) is 4.34. The zero-order valence-electron chi connectivity index (χ0n) is 8.36. The molecule has 2 aromatic heterocycles. The Balaban J connectivity index is 2.82. The van der Waals surface area contributed by atoms with Crippen LogP contribution < -0.4 is 0 Å². The molecule has 0 radical (unpaired) electrons. The predicted molar refractivity (Wildman–Crippen MR) is 47.5 cm³/mol. The molecule has 2 rings (SSSR count). The second-order valence-corrected chi connectivity index (χ2v) is 3.20. The zero-order valence-corrected chi connectivity index (χ0v) is 8.36. The maximum absolute atomic E-state index is 12.7. The van der Waals surface area contributed by atoms with Crippen LogP contribution in [0.5, 0.6) is 0 Å². The molecule has 0 aliphatic rings. The molecular formula is C8H5F3N4O2. The number of fused-ring (bicyclic) bond motifs is 1. The van der Waals surface area contributed by atoms with Crippen molar-refractivity contribution in [3.8, 4) is 0 Å². The van der Waals surface area contributed by atoms with E-state index >= 15 is 0 Å². The zero-order chi connectivity index (χ0) is 12.8. The van der Waals surface area contributed by atoms with Crippen molar-refractivity contribution in [2.45, 2.75) is 13.1 Å². The van der Waals surface area contributed by atoms with E-state index in [4.69, 9.17) is 5.11 Å². The van der Waals surface area contributed by atoms with Crippen molar-refractivity contribution in [3.05, 3.63) is 23.3 Å². The largest absolute Gasteiger partial charge is 0.477 e. The summed E-state index contributed by atoms with van der Waals surface area (Å²) in [6.45, 7) is 1.38. The normalized spacial score (nSPS) is 12.0. The van der Waals surface area contributed by atoms with Crippen molar-refractivity contribution in [1.82, 2.24) is 19.6 Å². The Morgan fingerprint density at radius 2 is 2.06 bits per heavy atom. The van der Waals surface area contributed by atoms with Gasteiger partial charge in [-0.25, -0.2) is 9.78 Å². The van der Waals surface area contributed by atoms with Crippen molar-refractivity contribution < 1.29 is 23.1 Å². The van der Waals surface area contributed by atoms with Crippen molar-refractivity contribution in [3.63, 3.8) is 0 Å². The average molecular weight is 246 g/mol. The van der Waals surface area contributed by atoms with Gasteiger partial charge in [-0.15, -0.1) is 5.10 Å². The van der Waals surface area contributed by atoms with Crippen LogP contribution in [-0.4, -0.2) is 30.7 Å². The Labute approximate surface area is 91.7 Å². The summed E-state index contributed by atoms with van der Waals surface area (Å²) in [6.07, 6.45) is -4.73. The molecule has 0 amide bonds. The summed E-state index contributed by atoms with van der Waals surface area (Å²) < 4.78 is 38.5. The molecule has 0 atom stereocenters. The minimum atomic E-state index is -4.73. The summed E-state index contributed by atoms with van der Waals surface area (Å²) in [5, 5.41) is 12.2. The fourth-order valence-electron chi connectivity index (χ4n) is 1.28. The molecule has 6 nitrogen and oxygen atoms in total. The highest BCUT2D eigenvalue weighted by Gasteiger charge is 2.36. The van der Waals surface area contributed by atoms with Crippen molar-refractivity contribution in [2.24, 2.45) is 0 Å². The quantitative estimate of drug-likeness (QED) is 0.816. The van der Waals surface area contributed by atoms with Crippen LogP contribution in [0.25, 0.3) is 5.78 Å². The molecule has 0 aromatic carbocycles. The number of carboxylic acid groups (broad SMARTS) is 1. The van der Waals surface area contributed by atoms with Gasteiger partial charge in [0.1, 0.15) is 5.82 Å². The monoisotopic (exact) mass is 246 g/mol. The molecular weight excluding hydrogens is 241 g/mol. The number of rotatable bonds is 1. The highest BCUT2D eigenvalue weighted by atomic mass is 19.4. The molecule has 0 fully saturated rings. The minimum Gasteiger partial charge on any atom is -0.477 e. The fourth-order valence-corrected chi connectivity index (χ4v) is 1.28. The molecule has 1 N–H and O–H groups in total. The van der Waals surface area contributed by atoms with Gasteiger partial charge in [-0.1, -0.05) is 0 Å². The maximum Gasteiger partial charge on any atom is 0.433 e. The fraction of sp³-hybridized carbons (Fsp3) is 0.250. The second kappa shape index (κ2) is 3.40. The number of carboxylic acids is 1. The third-order valence-electron chi connectivity index (χ3n) is 1.93. The lowest BCUT2D eigenvalue weighted by Gasteiger charge is -2.08. The molecule has 0 saturated heterocycles. The van der Waals surface area contributed by atoms with E-state index in [2.05, 4.69) is 15.1 Å². The SMILES string of the molecule is Cc1nc2nc(C(=O)O)cc(C(F)(F)F)n2n1. The number of aromatic carboxylic acids is 1. The van der Waals surface area contributed by atoms with Gasteiger partial charge in [-0.05, 0) is 6.92 Å². The van der Waals surface area contributed by atoms with Crippen LogP contribution in [0.3, 0.4) is 0 Å². The highest BCUT2D eigenvalue weighted by molar-refractivity contribution is 5.85. The maximum atomic E-state index is 12.7. The summed E-state index contributed by atoms with van der Waals surface area (Å²) in [5.41, 5.74) is -1.95. The number of aromatic nitrogens is 4. The number of nitrogens with zero attached hydrogens (tertiary/aromatic N) is 4. The van der Waals surface area contributed by atoms with Gasteiger partial charge in [0.05, 0.1) is 0 Å². The Morgan fingerprint density at radius 3 is 2.59 bits per heavy atom. The summed E-state index contributed by atoms with van der Waals surface area (Å²) >= 11 is 0. The van der Waals surface area contributed by atoms with E-state index in [1.54, 1.807) is 0 Å². The molecule has 0 bridgehead atoms. The van der Waals surface area contributed by atoms with Gasteiger partial charge < -0.3 is 5.11 Å². The minimum absolute atomic E-state index is 0.0746. The van der Waals surface area contributed by atoms with Gasteiger partial charge in [0.15, 0.2) is 11.4 Å². The summed E-state index contributed by atoms with van der Waals surface area (Å²) in [6, 6.07) is 0.420. The van der Waals surface area contributed by atoms with Gasteiger partial charge in [0.25, 0.3) is 5.78 Å². The number of hydrogen-bond acceptors (Lipinski definition) is 4. The van der Waals surface area contributed by atoms with Gasteiger partial charge in [0.2, 0.25) is 0 Å². The molecule has 2 heterocycles. The Bertz CT molecular complexity index is 605. The molecule has 0 aliphatic carbocycles. The first-order chi connectivity index (χ1) is 7.79. The van der Waals surface area contributed by atoms with Crippen molar-refractivity contribution in [1.29, 1.82) is 0 Å². The van der Waals surface area contributed by atoms with Crippen LogP contribution >= 0.6 is 0 Å². The third kappa shape index (κ3) is 1.90. The molecule has 0 aliphatic heterocycles. The van der Waals surface area contributed by atoms with E-state index < -0.39 is 29.3 Å². The molecule has 0 saturated carbocycles. The van der Waals surface area contributed by atoms with Crippen LogP contribution in [-0.2, 0) is 6.18 Å². The lowest BCUT2D eigenvalue weighted by Crippen LogP contribution is -2.16. The first-order valence-corrected chi connectivity index (χ1v) is 4.34. The summed E-state index contributed by atoms with van der Waals surface area (Å²) in [7, 11) is 0. The highest BCUT2D eigenvalue weighted by Crippen LogP contribution is 2.29. The third-order valence-corrected chi connectivity index (χ3v) is 1.93. The van der Waals surface area contributed by atoms with Gasteiger partial charge in [-0.3, -0.25) is 0 Å². The van der Waals surface area contributed by atoms with Gasteiger partial charge >= 0.3 is 12.1 Å². The Morgan fingerprint density at radius 1 is 1.41 bits per heavy atom. The van der Waals surface area contributed by atoms with E-state index in [-0.39, 0.29) is 5.82 Å². The van der Waals surface area contributed by atoms with E-state index in [0.717, 1.165) is 0 Å². The number of carbonyl (C=O) groups is 1. The van der Waals surface area contributed by atoms with Crippen LogP contribution in [0.15, 0.2) is 6.07 Å². The molecule has 17 heavy (non-hydrogen) atoms. The lowest BCUT2D eigenvalue weighted by atomic mass is 10.3. The topological polar surface area (TPSA) is 80.4 Å². The van der Waals surface area contributed by atoms with Crippen molar-refractivity contribution >= 4 is 11.7 Å². The number of halogens is 3. The summed E-state index contributed by atoms with van der Waals surface area (Å²) in [4.78, 5) is 17.7. The summed E-state index contributed by atoms with van der Waals surface area (Å²) in [5.74, 6) is -1.88. The number of aryl methyl sites for hydroxylation is 1. The van der Waals surface area contributed by atoms with E-state index in [0.29, 0.717) is 10.6 Å². The molecule has 9 heteroatoms. The van der Waals surface area contributed by atoms with Crippen LogP contribution in [0, 0.1) is 6.92 Å². The van der Waals surface area contributed by atoms with Gasteiger partial charge in [-0.2, -0.15) is 22.7 Å². The van der Waals surface area contributed by atoms with Crippen molar-refractivity contribution in [2.75, 3.05) is 0 Å². The lowest BCUT2D eigenvalue weighted by molar-refractivity contribution is -0.142. The number of alkyl halides is 3. The Hall–Kier alpha value is -2.19. The first kappa shape index (κ1) is 11.3. The van der Waals surface area contributed by atoms with Crippen LogP contribution in [0.4, 0.5) is 13.2 Å². The second-order valence-electron chi connectivity index (χ2n) is 3.20. The average Bonchev–Trinajstić information content (AvgIpc) is 2.54. The van der Waals surface area contributed by atoms with E-state index in [9.17, 15) is 18.0 Å².